The van der Waals surface area contributed by atoms with E-state index in [1.54, 1.807) is 24.3 Å². The Kier molecular flexibility index (Phi) is 14.6. The van der Waals surface area contributed by atoms with E-state index in [0.717, 1.165) is 65.5 Å². The Balaban J connectivity index is 0.000000160. The zero-order valence-corrected chi connectivity index (χ0v) is 30.5. The molecule has 1 aliphatic carbocycles. The Morgan fingerprint density at radius 3 is 1.91 bits per heavy atom. The van der Waals surface area contributed by atoms with Crippen molar-refractivity contribution in [2.75, 3.05) is 62.6 Å². The number of ketones is 3. The molecule has 0 unspecified atom stereocenters. The molecule has 2 saturated heterocycles. The third kappa shape index (κ3) is 9.82. The molecule has 2 amide bonds. The van der Waals surface area contributed by atoms with Crippen LogP contribution in [0.1, 0.15) is 92.4 Å². The van der Waals surface area contributed by atoms with Crippen LogP contribution in [0.3, 0.4) is 0 Å². The number of fused-ring (bicyclic) bond motifs is 3. The molecule has 1 aromatic heterocycles. The molecule has 0 radical (unpaired) electrons. The first-order chi connectivity index (χ1) is 25.8. The van der Waals surface area contributed by atoms with Gasteiger partial charge in [-0.3, -0.25) is 24.0 Å². The van der Waals surface area contributed by atoms with Gasteiger partial charge in [0, 0.05) is 30.2 Å². The van der Waals surface area contributed by atoms with Gasteiger partial charge in [-0.05, 0) is 121 Å². The van der Waals surface area contributed by atoms with E-state index in [4.69, 9.17) is 10.7 Å². The first kappa shape index (κ1) is 40.3. The van der Waals surface area contributed by atoms with Crippen LogP contribution < -0.4 is 16.0 Å². The summed E-state index contributed by atoms with van der Waals surface area (Å²) in [5.41, 5.74) is 10.1. The highest BCUT2D eigenvalue weighted by molar-refractivity contribution is 6.51. The number of pyridine rings is 1. The lowest BCUT2D eigenvalue weighted by atomic mass is 9.98. The first-order valence-corrected chi connectivity index (χ1v) is 19.1. The fourth-order valence-electron chi connectivity index (χ4n) is 7.59. The number of benzene rings is 3. The predicted molar refractivity (Wildman–Crippen MR) is 215 cm³/mol. The van der Waals surface area contributed by atoms with Crippen LogP contribution in [0, 0.1) is 0 Å². The molecule has 4 aromatic rings. The zero-order chi connectivity index (χ0) is 37.2. The summed E-state index contributed by atoms with van der Waals surface area (Å²) in [5.74, 6) is -0.625. The third-order valence-electron chi connectivity index (χ3n) is 10.3. The first-order valence-electron chi connectivity index (χ1n) is 19.1. The van der Waals surface area contributed by atoms with Gasteiger partial charge in [0.05, 0.1) is 40.0 Å². The molecule has 9 rings (SSSR count). The molecule has 5 aliphatic rings. The van der Waals surface area contributed by atoms with Gasteiger partial charge in [-0.1, -0.05) is 43.8 Å². The van der Waals surface area contributed by atoms with E-state index in [0.29, 0.717) is 24.1 Å². The quantitative estimate of drug-likeness (QED) is 0.125. The molecule has 0 spiro atoms. The van der Waals surface area contributed by atoms with Crippen molar-refractivity contribution < 1.29 is 24.0 Å². The number of Topliss-reactive ketones (excluding diaryl/α,β-unsaturated/α-hetero) is 3. The minimum Gasteiger partial charge on any atom is -0.330 e. The molecule has 286 valence electrons. The molecule has 54 heavy (non-hydrogen) atoms. The molecule has 4 aliphatic heterocycles. The number of carbonyl (C=O) groups excluding carboxylic acids is 5. The van der Waals surface area contributed by atoms with Gasteiger partial charge < -0.3 is 25.8 Å². The van der Waals surface area contributed by atoms with Gasteiger partial charge in [-0.25, -0.2) is 4.98 Å². The van der Waals surface area contributed by atoms with Crippen molar-refractivity contribution in [3.05, 3.63) is 77.9 Å². The number of amides is 2. The zero-order valence-electron chi connectivity index (χ0n) is 30.5. The average Bonchev–Trinajstić information content (AvgIpc) is 3.99. The van der Waals surface area contributed by atoms with Crippen molar-refractivity contribution in [1.82, 2.24) is 14.8 Å². The van der Waals surface area contributed by atoms with Crippen LogP contribution in [-0.4, -0.2) is 96.3 Å². The maximum absolute atomic E-state index is 13.2. The van der Waals surface area contributed by atoms with Crippen molar-refractivity contribution in [3.8, 4) is 0 Å². The van der Waals surface area contributed by atoms with E-state index in [1.165, 1.54) is 64.8 Å². The molecule has 3 aromatic carbocycles. The lowest BCUT2D eigenvalue weighted by Gasteiger charge is -2.20. The number of carbonyl (C=O) groups is 5. The standard InChI is InChI=1S/C21H21N3O.C8H5NO2.C7H16N2.C6H8O2.CH4/c25-21-19-15-7-1-2-8-16(15)22-17-9-5-10-18(20(17)19)24(21)14-6-13-23-11-3-4-12-23;10-7-5-3-1-2-4-6(5)9-8(7)11;8-4-3-7-9-5-1-2-6-9;7-5-2-1-3-6(8)4-5;/h1-2,5,7-10H,3-4,6,11-14H2;1-4H,(H,9,10,11);1-8H2;1-4H2;1H4. The molecule has 0 atom stereocenters. The van der Waals surface area contributed by atoms with Gasteiger partial charge in [0.25, 0.3) is 17.6 Å². The molecular weight excluding hydrogens is 681 g/mol. The van der Waals surface area contributed by atoms with Crippen LogP contribution in [0.25, 0.3) is 21.8 Å². The SMILES string of the molecule is C.NCCCN1CCCC1.O=C1CCCC(=O)C1.O=C1Nc2ccccc2C1=O.O=C1c2c3ccccc3nc3cccc(c23)N1CCCN1CCCC1. The largest absolute Gasteiger partial charge is 0.330 e. The Morgan fingerprint density at radius 1 is 0.667 bits per heavy atom. The summed E-state index contributed by atoms with van der Waals surface area (Å²) in [4.78, 5) is 67.6. The minimum absolute atomic E-state index is 0. The van der Waals surface area contributed by atoms with Crippen LogP contribution in [0.2, 0.25) is 0 Å². The van der Waals surface area contributed by atoms with Gasteiger partial charge in [0.15, 0.2) is 0 Å². The monoisotopic (exact) mass is 734 g/mol. The second kappa shape index (κ2) is 19.5. The second-order valence-corrected chi connectivity index (χ2v) is 14.2. The molecule has 3 N–H and O–H groups in total. The molecule has 1 saturated carbocycles. The smallest absolute Gasteiger partial charge is 0.296 e. The number of nitrogens with two attached hydrogens (primary N) is 1. The number of hydrogen-bond acceptors (Lipinski definition) is 9. The van der Waals surface area contributed by atoms with Gasteiger partial charge in [-0.2, -0.15) is 0 Å². The summed E-state index contributed by atoms with van der Waals surface area (Å²) < 4.78 is 0. The highest BCUT2D eigenvalue weighted by atomic mass is 16.2. The normalized spacial score (nSPS) is 17.6. The second-order valence-electron chi connectivity index (χ2n) is 14.2. The summed E-state index contributed by atoms with van der Waals surface area (Å²) in [5, 5.41) is 4.45. The number of hydrogen-bond donors (Lipinski definition) is 2. The summed E-state index contributed by atoms with van der Waals surface area (Å²) in [7, 11) is 0. The van der Waals surface area contributed by atoms with Crippen LogP contribution >= 0.6 is 0 Å². The van der Waals surface area contributed by atoms with E-state index in [1.807, 2.05) is 41.3 Å². The minimum atomic E-state index is -0.536. The maximum atomic E-state index is 13.2. The maximum Gasteiger partial charge on any atom is 0.296 e. The topological polar surface area (TPSA) is 146 Å². The molecule has 11 nitrogen and oxygen atoms in total. The molecule has 3 fully saturated rings. The number of rotatable bonds is 7. The van der Waals surface area contributed by atoms with E-state index in [-0.39, 0.29) is 31.3 Å². The average molecular weight is 735 g/mol. The number of nitrogens with one attached hydrogen (secondary N) is 1. The van der Waals surface area contributed by atoms with Crippen LogP contribution in [0.15, 0.2) is 66.7 Å². The van der Waals surface area contributed by atoms with Crippen molar-refractivity contribution in [1.29, 1.82) is 0 Å². The number of anilines is 2. The summed E-state index contributed by atoms with van der Waals surface area (Å²) in [6.07, 6.45) is 9.79. The third-order valence-corrected chi connectivity index (χ3v) is 10.3. The fraction of sp³-hybridized carbons (Fsp3) is 0.442. The molecule has 0 bridgehead atoms. The van der Waals surface area contributed by atoms with Gasteiger partial charge >= 0.3 is 0 Å². The van der Waals surface area contributed by atoms with Gasteiger partial charge in [0.1, 0.15) is 11.6 Å². The van der Waals surface area contributed by atoms with E-state index in [9.17, 15) is 24.0 Å². The summed E-state index contributed by atoms with van der Waals surface area (Å²) >= 11 is 0. The van der Waals surface area contributed by atoms with Gasteiger partial charge in [-0.15, -0.1) is 0 Å². The lowest BCUT2D eigenvalue weighted by Crippen LogP contribution is -2.31. The van der Waals surface area contributed by atoms with Gasteiger partial charge in [0.2, 0.25) is 0 Å². The Bertz CT molecular complexity index is 1950. The van der Waals surface area contributed by atoms with Crippen molar-refractivity contribution in [2.45, 2.75) is 71.6 Å². The Hall–Kier alpha value is -4.84. The lowest BCUT2D eigenvalue weighted by molar-refractivity contribution is -0.129. The van der Waals surface area contributed by atoms with Crippen LogP contribution in [-0.2, 0) is 14.4 Å². The van der Waals surface area contributed by atoms with Crippen molar-refractivity contribution in [3.63, 3.8) is 0 Å². The van der Waals surface area contributed by atoms with Crippen molar-refractivity contribution >= 4 is 62.3 Å². The van der Waals surface area contributed by atoms with E-state index in [2.05, 4.69) is 21.2 Å². The highest BCUT2D eigenvalue weighted by Crippen LogP contribution is 2.40. The highest BCUT2D eigenvalue weighted by Gasteiger charge is 2.32. The summed E-state index contributed by atoms with van der Waals surface area (Å²) in [6.45, 7) is 8.94. The molecule has 11 heteroatoms. The molecule has 5 heterocycles. The number of nitrogens with zero attached hydrogens (tertiary/aromatic N) is 4. The Morgan fingerprint density at radius 2 is 1.28 bits per heavy atom. The van der Waals surface area contributed by atoms with E-state index >= 15 is 0 Å². The molecular formula is C43H54N6O5. The van der Waals surface area contributed by atoms with Crippen molar-refractivity contribution in [2.24, 2.45) is 5.73 Å². The Labute approximate surface area is 318 Å². The number of aromatic nitrogens is 1. The number of likely N-dealkylation sites (tertiary alicyclic amines) is 2. The summed E-state index contributed by atoms with van der Waals surface area (Å²) in [6, 6.07) is 20.9. The van der Waals surface area contributed by atoms with E-state index < -0.39 is 11.7 Å². The predicted octanol–water partition coefficient (Wildman–Crippen LogP) is 6.42. The van der Waals surface area contributed by atoms with Crippen LogP contribution in [0.5, 0.6) is 0 Å². The number of para-hydroxylation sites is 2. The fourth-order valence-corrected chi connectivity index (χ4v) is 7.59. The van der Waals surface area contributed by atoms with Crippen LogP contribution in [0.4, 0.5) is 11.4 Å².